The Kier molecular flexibility index (Phi) is 8.28. The molecule has 0 heterocycles. The van der Waals surface area contributed by atoms with E-state index >= 15 is 0 Å². The van der Waals surface area contributed by atoms with Gasteiger partial charge in [-0.3, -0.25) is 4.79 Å². The number of ether oxygens (including phenoxy) is 1. The molecular formula is C15H29NO3S. The minimum Gasteiger partial charge on any atom is -0.469 e. The van der Waals surface area contributed by atoms with Crippen molar-refractivity contribution < 1.29 is 13.7 Å². The molecule has 0 spiro atoms. The summed E-state index contributed by atoms with van der Waals surface area (Å²) < 4.78 is 20.0. The molecule has 4 nitrogen and oxygen atoms in total. The van der Waals surface area contributed by atoms with Crippen molar-refractivity contribution in [3.05, 3.63) is 12.7 Å². The molecule has 2 unspecified atom stereocenters. The number of methoxy groups -OCH3 is 1. The van der Waals surface area contributed by atoms with Crippen LogP contribution in [0, 0.1) is 0 Å². The first kappa shape index (κ1) is 19.3. The number of carbonyl (C=O) groups excluding carboxylic acids is 1. The van der Waals surface area contributed by atoms with Gasteiger partial charge in [-0.15, -0.1) is 6.58 Å². The molecule has 0 aliphatic rings. The van der Waals surface area contributed by atoms with Crippen molar-refractivity contribution in [2.45, 2.75) is 70.1 Å². The summed E-state index contributed by atoms with van der Waals surface area (Å²) in [4.78, 5) is 11.7. The SMILES string of the molecule is C=CCCCC(CC)(CC(=O)OC)NS(=O)C(C)(C)C. The molecule has 0 aromatic heterocycles. The average molecular weight is 303 g/mol. The lowest BCUT2D eigenvalue weighted by Gasteiger charge is -2.35. The molecule has 0 aliphatic heterocycles. The molecule has 0 radical (unpaired) electrons. The van der Waals surface area contributed by atoms with E-state index in [0.717, 1.165) is 25.7 Å². The zero-order chi connectivity index (χ0) is 15.8. The van der Waals surface area contributed by atoms with E-state index in [2.05, 4.69) is 11.3 Å². The van der Waals surface area contributed by atoms with Gasteiger partial charge in [0.2, 0.25) is 0 Å². The smallest absolute Gasteiger partial charge is 0.307 e. The van der Waals surface area contributed by atoms with Crippen LogP contribution in [-0.2, 0) is 20.5 Å². The quantitative estimate of drug-likeness (QED) is 0.404. The molecule has 0 saturated heterocycles. The molecule has 20 heavy (non-hydrogen) atoms. The van der Waals surface area contributed by atoms with Gasteiger partial charge in [0.15, 0.2) is 0 Å². The summed E-state index contributed by atoms with van der Waals surface area (Å²) in [6, 6.07) is 0. The molecular weight excluding hydrogens is 274 g/mol. The zero-order valence-corrected chi connectivity index (χ0v) is 14.3. The Hall–Kier alpha value is -0.680. The van der Waals surface area contributed by atoms with Crippen molar-refractivity contribution in [3.63, 3.8) is 0 Å². The van der Waals surface area contributed by atoms with E-state index in [-0.39, 0.29) is 17.1 Å². The number of rotatable bonds is 9. The Morgan fingerprint density at radius 3 is 2.40 bits per heavy atom. The number of allylic oxidation sites excluding steroid dienone is 1. The minimum atomic E-state index is -1.21. The molecule has 0 amide bonds. The highest BCUT2D eigenvalue weighted by molar-refractivity contribution is 7.84. The second-order valence-electron chi connectivity index (χ2n) is 6.05. The predicted molar refractivity (Wildman–Crippen MR) is 84.7 cm³/mol. The molecule has 0 rings (SSSR count). The fourth-order valence-corrected chi connectivity index (χ4v) is 2.85. The van der Waals surface area contributed by atoms with Gasteiger partial charge in [-0.05, 0) is 46.5 Å². The van der Waals surface area contributed by atoms with Crippen LogP contribution in [0.25, 0.3) is 0 Å². The van der Waals surface area contributed by atoms with E-state index < -0.39 is 16.5 Å². The van der Waals surface area contributed by atoms with Gasteiger partial charge in [0, 0.05) is 5.54 Å². The molecule has 118 valence electrons. The van der Waals surface area contributed by atoms with E-state index in [9.17, 15) is 9.00 Å². The fourth-order valence-electron chi connectivity index (χ4n) is 1.83. The third-order valence-corrected chi connectivity index (χ3v) is 5.05. The van der Waals surface area contributed by atoms with Gasteiger partial charge in [0.05, 0.1) is 29.3 Å². The van der Waals surface area contributed by atoms with E-state index in [4.69, 9.17) is 4.74 Å². The molecule has 1 N–H and O–H groups in total. The van der Waals surface area contributed by atoms with Gasteiger partial charge < -0.3 is 4.74 Å². The highest BCUT2D eigenvalue weighted by Gasteiger charge is 2.35. The lowest BCUT2D eigenvalue weighted by molar-refractivity contribution is -0.142. The van der Waals surface area contributed by atoms with Gasteiger partial charge in [0.25, 0.3) is 0 Å². The molecule has 0 fully saturated rings. The van der Waals surface area contributed by atoms with Gasteiger partial charge in [-0.2, -0.15) is 0 Å². The summed E-state index contributed by atoms with van der Waals surface area (Å²) in [5, 5.41) is 0. The van der Waals surface area contributed by atoms with Crippen molar-refractivity contribution in [1.82, 2.24) is 4.72 Å². The Morgan fingerprint density at radius 2 is 2.00 bits per heavy atom. The number of hydrogen-bond acceptors (Lipinski definition) is 3. The normalized spacial score (nSPS) is 16.2. The number of carbonyl (C=O) groups is 1. The number of esters is 1. The van der Waals surface area contributed by atoms with Crippen LogP contribution in [-0.4, -0.2) is 27.6 Å². The molecule has 0 bridgehead atoms. The van der Waals surface area contributed by atoms with Gasteiger partial charge in [0.1, 0.15) is 0 Å². The minimum absolute atomic E-state index is 0.235. The van der Waals surface area contributed by atoms with Crippen LogP contribution in [0.1, 0.15) is 59.8 Å². The number of hydrogen-bond donors (Lipinski definition) is 1. The molecule has 5 heteroatoms. The topological polar surface area (TPSA) is 55.4 Å². The van der Waals surface area contributed by atoms with Crippen LogP contribution in [0.5, 0.6) is 0 Å². The standard InChI is InChI=1S/C15H29NO3S/c1-7-9-10-11-15(8-2,12-13(17)19-6)16-20(18)14(3,4)5/h7,16H,1,8-12H2,2-6H3. The third kappa shape index (κ3) is 6.66. The van der Waals surface area contributed by atoms with Crippen LogP contribution in [0.2, 0.25) is 0 Å². The largest absolute Gasteiger partial charge is 0.469 e. The Bertz CT molecular complexity index is 350. The van der Waals surface area contributed by atoms with Gasteiger partial charge in [-0.1, -0.05) is 13.0 Å². The molecule has 0 aliphatic carbocycles. The van der Waals surface area contributed by atoms with Gasteiger partial charge >= 0.3 is 5.97 Å². The summed E-state index contributed by atoms with van der Waals surface area (Å²) >= 11 is 0. The van der Waals surface area contributed by atoms with Crippen LogP contribution >= 0.6 is 0 Å². The summed E-state index contributed by atoms with van der Waals surface area (Å²) in [6.07, 6.45) is 5.38. The second-order valence-corrected chi connectivity index (χ2v) is 8.02. The first-order chi connectivity index (χ1) is 9.20. The third-order valence-electron chi connectivity index (χ3n) is 3.32. The Balaban J connectivity index is 5.03. The average Bonchev–Trinajstić information content (AvgIpc) is 2.37. The van der Waals surface area contributed by atoms with E-state index in [1.807, 2.05) is 33.8 Å². The summed E-state index contributed by atoms with van der Waals surface area (Å²) in [5.74, 6) is -0.274. The van der Waals surface area contributed by atoms with E-state index in [1.165, 1.54) is 7.11 Å². The summed E-state index contributed by atoms with van der Waals surface area (Å²) in [6.45, 7) is 11.5. The van der Waals surface area contributed by atoms with Crippen LogP contribution in [0.15, 0.2) is 12.7 Å². The number of unbranched alkanes of at least 4 members (excludes halogenated alkanes) is 1. The fraction of sp³-hybridized carbons (Fsp3) is 0.800. The molecule has 2 atom stereocenters. The molecule has 0 aromatic rings. The summed E-state index contributed by atoms with van der Waals surface area (Å²) in [5.41, 5.74) is -0.478. The maximum atomic E-state index is 12.4. The van der Waals surface area contributed by atoms with Crippen molar-refractivity contribution in [1.29, 1.82) is 0 Å². The van der Waals surface area contributed by atoms with Crippen LogP contribution in [0.3, 0.4) is 0 Å². The highest BCUT2D eigenvalue weighted by Crippen LogP contribution is 2.26. The predicted octanol–water partition coefficient (Wildman–Crippen LogP) is 3.11. The number of nitrogens with one attached hydrogen (secondary N) is 1. The van der Waals surface area contributed by atoms with E-state index in [1.54, 1.807) is 0 Å². The Labute approximate surface area is 125 Å². The highest BCUT2D eigenvalue weighted by atomic mass is 32.2. The molecule has 0 aromatic carbocycles. The van der Waals surface area contributed by atoms with E-state index in [0.29, 0.717) is 0 Å². The maximum absolute atomic E-state index is 12.4. The first-order valence-corrected chi connectivity index (χ1v) is 8.23. The van der Waals surface area contributed by atoms with Crippen LogP contribution in [0.4, 0.5) is 0 Å². The first-order valence-electron chi connectivity index (χ1n) is 7.08. The maximum Gasteiger partial charge on any atom is 0.307 e. The lowest BCUT2D eigenvalue weighted by atomic mass is 9.87. The zero-order valence-electron chi connectivity index (χ0n) is 13.5. The van der Waals surface area contributed by atoms with Crippen molar-refractivity contribution in [2.75, 3.05) is 7.11 Å². The second kappa shape index (κ2) is 8.57. The van der Waals surface area contributed by atoms with Crippen molar-refractivity contribution in [2.24, 2.45) is 0 Å². The lowest BCUT2D eigenvalue weighted by Crippen LogP contribution is -2.51. The Morgan fingerprint density at radius 1 is 1.40 bits per heavy atom. The van der Waals surface area contributed by atoms with Gasteiger partial charge in [-0.25, -0.2) is 8.93 Å². The monoisotopic (exact) mass is 303 g/mol. The van der Waals surface area contributed by atoms with Crippen molar-refractivity contribution in [3.8, 4) is 0 Å². The summed E-state index contributed by atoms with van der Waals surface area (Å²) in [7, 11) is 0.168. The van der Waals surface area contributed by atoms with Crippen LogP contribution < -0.4 is 4.72 Å². The van der Waals surface area contributed by atoms with Crippen molar-refractivity contribution >= 4 is 17.0 Å². The molecule has 0 saturated carbocycles.